The Kier molecular flexibility index (Phi) is 5.03. The molecule has 11 heavy (non-hydrogen) atoms. The largest absolute Gasteiger partial charge is 0.378 e. The molecule has 0 aliphatic heterocycles. The molecular formula is C8H16N2S. The maximum atomic E-state index is 5.55. The van der Waals surface area contributed by atoms with Crippen LogP contribution < -0.4 is 5.73 Å². The number of thioether (sulfide) groups is 1. The normalized spacial score (nSPS) is 14.7. The van der Waals surface area contributed by atoms with Gasteiger partial charge in [-0.1, -0.05) is 24.3 Å². The molecule has 0 aromatic rings. The molecule has 0 amide bonds. The predicted molar refractivity (Wildman–Crippen MR) is 53.8 cm³/mol. The van der Waals surface area contributed by atoms with Gasteiger partial charge in [0.1, 0.15) is 0 Å². The van der Waals surface area contributed by atoms with Crippen molar-refractivity contribution < 1.29 is 0 Å². The third kappa shape index (κ3) is 4.09. The molecule has 3 heteroatoms. The second-order valence-electron chi connectivity index (χ2n) is 2.37. The standard InChI is InChI=1S/C8H16N2S/c1-5-6(2)7(3)10-8(9)11-4/h5H2,1-4H3,(H2,9,10)/b7-6+. The quantitative estimate of drug-likeness (QED) is 0.513. The van der Waals surface area contributed by atoms with Gasteiger partial charge in [0.15, 0.2) is 5.17 Å². The summed E-state index contributed by atoms with van der Waals surface area (Å²) >= 11 is 1.47. The number of allylic oxidation sites excluding steroid dienone is 2. The number of hydrogen-bond acceptors (Lipinski definition) is 2. The molecule has 0 rings (SSSR count). The van der Waals surface area contributed by atoms with E-state index < -0.39 is 0 Å². The lowest BCUT2D eigenvalue weighted by Crippen LogP contribution is -2.05. The summed E-state index contributed by atoms with van der Waals surface area (Å²) in [4.78, 5) is 4.20. The van der Waals surface area contributed by atoms with E-state index >= 15 is 0 Å². The van der Waals surface area contributed by atoms with Crippen LogP contribution in [0.1, 0.15) is 27.2 Å². The molecule has 0 aliphatic carbocycles. The second kappa shape index (κ2) is 5.24. The van der Waals surface area contributed by atoms with Crippen molar-refractivity contribution in [3.05, 3.63) is 11.3 Å². The summed E-state index contributed by atoms with van der Waals surface area (Å²) < 4.78 is 0. The molecule has 64 valence electrons. The molecule has 0 unspecified atom stereocenters. The first-order valence-corrected chi connectivity index (χ1v) is 4.88. The van der Waals surface area contributed by atoms with Gasteiger partial charge in [0.25, 0.3) is 0 Å². The first-order chi connectivity index (χ1) is 5.11. The third-order valence-corrected chi connectivity index (χ3v) is 2.14. The monoisotopic (exact) mass is 172 g/mol. The van der Waals surface area contributed by atoms with Gasteiger partial charge in [-0.15, -0.1) is 0 Å². The summed E-state index contributed by atoms with van der Waals surface area (Å²) in [5, 5.41) is 0.635. The number of amidine groups is 1. The van der Waals surface area contributed by atoms with E-state index in [2.05, 4.69) is 18.8 Å². The van der Waals surface area contributed by atoms with Gasteiger partial charge in [0.2, 0.25) is 0 Å². The molecule has 0 aromatic heterocycles. The average molecular weight is 172 g/mol. The summed E-state index contributed by atoms with van der Waals surface area (Å²) in [5.74, 6) is 0. The number of nitrogens with two attached hydrogens (primary N) is 1. The van der Waals surface area contributed by atoms with E-state index in [-0.39, 0.29) is 0 Å². The van der Waals surface area contributed by atoms with E-state index in [1.165, 1.54) is 17.3 Å². The Morgan fingerprint density at radius 2 is 2.00 bits per heavy atom. The van der Waals surface area contributed by atoms with Gasteiger partial charge in [0, 0.05) is 5.70 Å². The van der Waals surface area contributed by atoms with Crippen molar-refractivity contribution >= 4 is 16.9 Å². The van der Waals surface area contributed by atoms with Gasteiger partial charge in [-0.2, -0.15) is 0 Å². The number of rotatable bonds is 2. The highest BCUT2D eigenvalue weighted by atomic mass is 32.2. The van der Waals surface area contributed by atoms with Gasteiger partial charge in [0.05, 0.1) is 0 Å². The Balaban J connectivity index is 4.37. The molecular weight excluding hydrogens is 156 g/mol. The van der Waals surface area contributed by atoms with Crippen molar-refractivity contribution in [2.24, 2.45) is 10.7 Å². The van der Waals surface area contributed by atoms with Crippen LogP contribution in [0.15, 0.2) is 16.3 Å². The Morgan fingerprint density at radius 1 is 1.45 bits per heavy atom. The first kappa shape index (κ1) is 10.6. The van der Waals surface area contributed by atoms with Gasteiger partial charge in [-0.05, 0) is 26.5 Å². The maximum Gasteiger partial charge on any atom is 0.158 e. The lowest BCUT2D eigenvalue weighted by molar-refractivity contribution is 1.04. The Bertz CT molecular complexity index is 183. The maximum absolute atomic E-state index is 5.55. The summed E-state index contributed by atoms with van der Waals surface area (Å²) in [7, 11) is 0. The first-order valence-electron chi connectivity index (χ1n) is 3.66. The van der Waals surface area contributed by atoms with Gasteiger partial charge >= 0.3 is 0 Å². The third-order valence-electron chi connectivity index (χ3n) is 1.64. The van der Waals surface area contributed by atoms with E-state index in [9.17, 15) is 0 Å². The van der Waals surface area contributed by atoms with E-state index in [1.54, 1.807) is 0 Å². The van der Waals surface area contributed by atoms with Crippen LogP contribution in [0.2, 0.25) is 0 Å². The molecule has 2 N–H and O–H groups in total. The van der Waals surface area contributed by atoms with E-state index in [0.29, 0.717) is 5.17 Å². The highest BCUT2D eigenvalue weighted by Crippen LogP contribution is 2.09. The highest BCUT2D eigenvalue weighted by Gasteiger charge is 1.93. The molecule has 0 bridgehead atoms. The molecule has 0 saturated carbocycles. The second-order valence-corrected chi connectivity index (χ2v) is 3.20. The van der Waals surface area contributed by atoms with Crippen molar-refractivity contribution in [1.82, 2.24) is 0 Å². The van der Waals surface area contributed by atoms with Crippen LogP contribution in [0, 0.1) is 0 Å². The Hall–Kier alpha value is -0.440. The fourth-order valence-electron chi connectivity index (χ4n) is 0.562. The zero-order valence-electron chi connectivity index (χ0n) is 7.64. The van der Waals surface area contributed by atoms with Crippen molar-refractivity contribution in [2.75, 3.05) is 6.26 Å². The Labute approximate surface area is 73.0 Å². The topological polar surface area (TPSA) is 38.4 Å². The lowest BCUT2D eigenvalue weighted by atomic mass is 10.2. The molecule has 0 saturated heterocycles. The summed E-state index contributed by atoms with van der Waals surface area (Å²) in [6.45, 7) is 6.18. The minimum Gasteiger partial charge on any atom is -0.378 e. The predicted octanol–water partition coefficient (Wildman–Crippen LogP) is 2.37. The van der Waals surface area contributed by atoms with Gasteiger partial charge in [-0.25, -0.2) is 4.99 Å². The van der Waals surface area contributed by atoms with Crippen molar-refractivity contribution in [3.8, 4) is 0 Å². The molecule has 0 atom stereocenters. The van der Waals surface area contributed by atoms with Gasteiger partial charge in [-0.3, -0.25) is 0 Å². The molecule has 0 spiro atoms. The molecule has 0 fully saturated rings. The number of nitrogens with zero attached hydrogens (tertiary/aromatic N) is 1. The lowest BCUT2D eigenvalue weighted by Gasteiger charge is -2.00. The van der Waals surface area contributed by atoms with E-state index in [0.717, 1.165) is 12.1 Å². The molecule has 0 aromatic carbocycles. The fraction of sp³-hybridized carbons (Fsp3) is 0.625. The molecule has 0 aliphatic rings. The highest BCUT2D eigenvalue weighted by molar-refractivity contribution is 8.13. The van der Waals surface area contributed by atoms with Crippen molar-refractivity contribution in [3.63, 3.8) is 0 Å². The number of aliphatic imine (C=N–C) groups is 1. The Morgan fingerprint density at radius 3 is 2.36 bits per heavy atom. The fourth-order valence-corrected chi connectivity index (χ4v) is 0.790. The average Bonchev–Trinajstić information content (AvgIpc) is 2.02. The summed E-state index contributed by atoms with van der Waals surface area (Å²) in [6, 6.07) is 0. The number of hydrogen-bond donors (Lipinski definition) is 1. The van der Waals surface area contributed by atoms with Crippen molar-refractivity contribution in [1.29, 1.82) is 0 Å². The minimum atomic E-state index is 0.635. The van der Waals surface area contributed by atoms with Crippen LogP contribution in [0.25, 0.3) is 0 Å². The van der Waals surface area contributed by atoms with Crippen LogP contribution in [-0.2, 0) is 0 Å². The SMILES string of the molecule is CC/C(C)=C(\C)N=C(N)SC. The van der Waals surface area contributed by atoms with Crippen LogP contribution >= 0.6 is 11.8 Å². The molecule has 0 radical (unpaired) electrons. The molecule has 2 nitrogen and oxygen atoms in total. The van der Waals surface area contributed by atoms with Gasteiger partial charge < -0.3 is 5.73 Å². The van der Waals surface area contributed by atoms with Crippen LogP contribution in [0.4, 0.5) is 0 Å². The van der Waals surface area contributed by atoms with Crippen LogP contribution in [0.3, 0.4) is 0 Å². The zero-order chi connectivity index (χ0) is 8.85. The summed E-state index contributed by atoms with van der Waals surface area (Å²) in [6.07, 6.45) is 2.96. The summed E-state index contributed by atoms with van der Waals surface area (Å²) in [5.41, 5.74) is 7.88. The van der Waals surface area contributed by atoms with Crippen LogP contribution in [0.5, 0.6) is 0 Å². The van der Waals surface area contributed by atoms with E-state index in [4.69, 9.17) is 5.73 Å². The van der Waals surface area contributed by atoms with E-state index in [1.807, 2.05) is 13.2 Å². The minimum absolute atomic E-state index is 0.635. The smallest absolute Gasteiger partial charge is 0.158 e. The molecule has 0 heterocycles. The zero-order valence-corrected chi connectivity index (χ0v) is 8.46. The van der Waals surface area contributed by atoms with Crippen molar-refractivity contribution in [2.45, 2.75) is 27.2 Å². The van der Waals surface area contributed by atoms with Crippen LogP contribution in [-0.4, -0.2) is 11.4 Å².